The van der Waals surface area contributed by atoms with Gasteiger partial charge >= 0.3 is 0 Å². The largest absolute Gasteiger partial charge is 0.297 e. The van der Waals surface area contributed by atoms with Gasteiger partial charge in [0, 0.05) is 10.5 Å². The number of benzene rings is 1. The monoisotopic (exact) mass is 253 g/mol. The van der Waals surface area contributed by atoms with Crippen molar-refractivity contribution in [2.24, 2.45) is 0 Å². The summed E-state index contributed by atoms with van der Waals surface area (Å²) in [6.45, 7) is 4.82. The Morgan fingerprint density at radius 1 is 1.14 bits per heavy atom. The highest BCUT2D eigenvalue weighted by Gasteiger charge is 2.18. The molecular weight excluding hydrogens is 238 g/mol. The second-order valence-corrected chi connectivity index (χ2v) is 4.89. The zero-order valence-electron chi connectivity index (χ0n) is 8.54. The molecule has 0 radical (unpaired) electrons. The Morgan fingerprint density at radius 2 is 1.71 bits per heavy atom. The van der Waals surface area contributed by atoms with Crippen molar-refractivity contribution in [2.75, 3.05) is 13.1 Å². The van der Waals surface area contributed by atoms with E-state index in [0.717, 1.165) is 4.47 Å². The fraction of sp³-hybridized carbons (Fsp3) is 0.500. The molecule has 1 atom stereocenters. The van der Waals surface area contributed by atoms with Gasteiger partial charge in [-0.2, -0.15) is 0 Å². The van der Waals surface area contributed by atoms with Crippen molar-refractivity contribution in [1.29, 1.82) is 0 Å². The molecule has 1 aromatic carbocycles. The van der Waals surface area contributed by atoms with Crippen molar-refractivity contribution >= 4 is 15.9 Å². The lowest BCUT2D eigenvalue weighted by molar-refractivity contribution is 0.263. The fourth-order valence-electron chi connectivity index (χ4n) is 2.08. The molecule has 1 fully saturated rings. The lowest BCUT2D eigenvalue weighted by Gasteiger charge is -2.24. The third kappa shape index (κ3) is 2.18. The second kappa shape index (κ2) is 4.45. The molecule has 0 spiro atoms. The van der Waals surface area contributed by atoms with Gasteiger partial charge in [0.05, 0.1) is 0 Å². The normalized spacial score (nSPS) is 19.9. The van der Waals surface area contributed by atoms with Crippen LogP contribution in [0.5, 0.6) is 0 Å². The molecule has 0 unspecified atom stereocenters. The predicted molar refractivity (Wildman–Crippen MR) is 63.4 cm³/mol. The Balaban J connectivity index is 2.09. The van der Waals surface area contributed by atoms with E-state index in [0.29, 0.717) is 6.04 Å². The van der Waals surface area contributed by atoms with Crippen LogP contribution in [0.2, 0.25) is 0 Å². The van der Waals surface area contributed by atoms with E-state index in [4.69, 9.17) is 0 Å². The Labute approximate surface area is 94.2 Å². The molecule has 0 bridgehead atoms. The molecule has 0 aliphatic carbocycles. The summed E-state index contributed by atoms with van der Waals surface area (Å²) >= 11 is 3.46. The molecule has 1 saturated heterocycles. The van der Waals surface area contributed by atoms with Gasteiger partial charge in [0.25, 0.3) is 0 Å². The molecular formula is C12H16BrN. The van der Waals surface area contributed by atoms with Gasteiger partial charge in [0.1, 0.15) is 0 Å². The van der Waals surface area contributed by atoms with Crippen LogP contribution in [0.15, 0.2) is 28.7 Å². The standard InChI is InChI=1S/C12H16BrN/c1-10(14-8-2-3-9-14)11-4-6-12(13)7-5-11/h4-7,10H,2-3,8-9H2,1H3/t10-/m0/s1. The van der Waals surface area contributed by atoms with E-state index in [1.54, 1.807) is 0 Å². The van der Waals surface area contributed by atoms with Crippen molar-refractivity contribution in [1.82, 2.24) is 4.90 Å². The van der Waals surface area contributed by atoms with Crippen LogP contribution >= 0.6 is 15.9 Å². The molecule has 14 heavy (non-hydrogen) atoms. The third-order valence-corrected chi connectivity index (χ3v) is 3.57. The third-order valence-electron chi connectivity index (χ3n) is 3.04. The van der Waals surface area contributed by atoms with E-state index in [1.807, 2.05) is 0 Å². The first-order valence-corrected chi connectivity index (χ1v) is 6.06. The average molecular weight is 254 g/mol. The molecule has 2 rings (SSSR count). The van der Waals surface area contributed by atoms with E-state index in [9.17, 15) is 0 Å². The number of nitrogens with zero attached hydrogens (tertiary/aromatic N) is 1. The maximum absolute atomic E-state index is 3.46. The molecule has 1 nitrogen and oxygen atoms in total. The van der Waals surface area contributed by atoms with Gasteiger partial charge < -0.3 is 0 Å². The average Bonchev–Trinajstić information content (AvgIpc) is 2.71. The van der Waals surface area contributed by atoms with Crippen LogP contribution in [0.4, 0.5) is 0 Å². The lowest BCUT2D eigenvalue weighted by Crippen LogP contribution is -2.23. The first-order valence-electron chi connectivity index (χ1n) is 5.27. The number of halogens is 1. The van der Waals surface area contributed by atoms with Crippen molar-refractivity contribution in [3.05, 3.63) is 34.3 Å². The van der Waals surface area contributed by atoms with E-state index in [1.165, 1.54) is 31.5 Å². The Kier molecular flexibility index (Phi) is 3.24. The zero-order valence-corrected chi connectivity index (χ0v) is 10.1. The van der Waals surface area contributed by atoms with Crippen LogP contribution in [-0.2, 0) is 0 Å². The first-order chi connectivity index (χ1) is 6.77. The number of hydrogen-bond acceptors (Lipinski definition) is 1. The summed E-state index contributed by atoms with van der Waals surface area (Å²) in [6.07, 6.45) is 2.72. The van der Waals surface area contributed by atoms with Crippen molar-refractivity contribution < 1.29 is 0 Å². The summed E-state index contributed by atoms with van der Waals surface area (Å²) < 4.78 is 1.16. The van der Waals surface area contributed by atoms with E-state index in [-0.39, 0.29) is 0 Å². The van der Waals surface area contributed by atoms with Crippen molar-refractivity contribution in [3.8, 4) is 0 Å². The molecule has 0 amide bonds. The summed E-state index contributed by atoms with van der Waals surface area (Å²) in [7, 11) is 0. The number of rotatable bonds is 2. The van der Waals surface area contributed by atoms with Gasteiger partial charge in [-0.1, -0.05) is 28.1 Å². The van der Waals surface area contributed by atoms with Crippen LogP contribution in [-0.4, -0.2) is 18.0 Å². The quantitative estimate of drug-likeness (QED) is 0.779. The van der Waals surface area contributed by atoms with Gasteiger partial charge in [-0.15, -0.1) is 0 Å². The van der Waals surface area contributed by atoms with E-state index in [2.05, 4.69) is 52.0 Å². The van der Waals surface area contributed by atoms with Crippen LogP contribution < -0.4 is 0 Å². The molecule has 0 saturated carbocycles. The molecule has 76 valence electrons. The number of likely N-dealkylation sites (tertiary alicyclic amines) is 1. The SMILES string of the molecule is C[C@@H](c1ccc(Br)cc1)N1CCCC1. The Hall–Kier alpha value is -0.340. The van der Waals surface area contributed by atoms with Crippen molar-refractivity contribution in [3.63, 3.8) is 0 Å². The number of hydrogen-bond donors (Lipinski definition) is 0. The van der Waals surface area contributed by atoms with Crippen LogP contribution in [0.3, 0.4) is 0 Å². The highest BCUT2D eigenvalue weighted by Crippen LogP contribution is 2.25. The van der Waals surface area contributed by atoms with Crippen LogP contribution in [0, 0.1) is 0 Å². The van der Waals surface area contributed by atoms with Gasteiger partial charge in [0.2, 0.25) is 0 Å². The molecule has 0 N–H and O–H groups in total. The molecule has 2 heteroatoms. The summed E-state index contributed by atoms with van der Waals surface area (Å²) in [5, 5.41) is 0. The maximum Gasteiger partial charge on any atom is 0.0319 e. The molecule has 1 aliphatic heterocycles. The van der Waals surface area contributed by atoms with E-state index < -0.39 is 0 Å². The zero-order chi connectivity index (χ0) is 9.97. The lowest BCUT2D eigenvalue weighted by atomic mass is 10.1. The minimum absolute atomic E-state index is 0.575. The smallest absolute Gasteiger partial charge is 0.0319 e. The van der Waals surface area contributed by atoms with Crippen LogP contribution in [0.25, 0.3) is 0 Å². The molecule has 1 aromatic rings. The first kappa shape index (κ1) is 10.2. The molecule has 0 aromatic heterocycles. The highest BCUT2D eigenvalue weighted by atomic mass is 79.9. The summed E-state index contributed by atoms with van der Waals surface area (Å²) in [5.41, 5.74) is 1.43. The summed E-state index contributed by atoms with van der Waals surface area (Å²) in [6, 6.07) is 9.26. The minimum atomic E-state index is 0.575. The predicted octanol–water partition coefficient (Wildman–Crippen LogP) is 3.61. The molecule has 1 aliphatic rings. The molecule has 1 heterocycles. The Bertz CT molecular complexity index is 288. The van der Waals surface area contributed by atoms with Gasteiger partial charge in [0.15, 0.2) is 0 Å². The fourth-order valence-corrected chi connectivity index (χ4v) is 2.35. The second-order valence-electron chi connectivity index (χ2n) is 3.97. The summed E-state index contributed by atoms with van der Waals surface area (Å²) in [5.74, 6) is 0. The van der Waals surface area contributed by atoms with Gasteiger partial charge in [-0.3, -0.25) is 4.90 Å². The van der Waals surface area contributed by atoms with Crippen molar-refractivity contribution in [2.45, 2.75) is 25.8 Å². The van der Waals surface area contributed by atoms with Gasteiger partial charge in [-0.05, 0) is 50.6 Å². The minimum Gasteiger partial charge on any atom is -0.297 e. The van der Waals surface area contributed by atoms with E-state index >= 15 is 0 Å². The summed E-state index contributed by atoms with van der Waals surface area (Å²) in [4.78, 5) is 2.56. The van der Waals surface area contributed by atoms with Gasteiger partial charge in [-0.25, -0.2) is 0 Å². The topological polar surface area (TPSA) is 3.24 Å². The maximum atomic E-state index is 3.46. The van der Waals surface area contributed by atoms with Crippen LogP contribution in [0.1, 0.15) is 31.4 Å². The Morgan fingerprint density at radius 3 is 2.29 bits per heavy atom. The highest BCUT2D eigenvalue weighted by molar-refractivity contribution is 9.10.